The second-order valence-corrected chi connectivity index (χ2v) is 7.98. The Morgan fingerprint density at radius 3 is 2.40 bits per heavy atom. The quantitative estimate of drug-likeness (QED) is 0.739. The Bertz CT molecular complexity index is 330. The van der Waals surface area contributed by atoms with Crippen LogP contribution in [0.15, 0.2) is 0 Å². The summed E-state index contributed by atoms with van der Waals surface area (Å²) in [5.74, 6) is 0.753. The van der Waals surface area contributed by atoms with Crippen molar-refractivity contribution in [3.63, 3.8) is 0 Å². The summed E-state index contributed by atoms with van der Waals surface area (Å²) >= 11 is 0. The van der Waals surface area contributed by atoms with Gasteiger partial charge in [-0.05, 0) is 72.4 Å². The van der Waals surface area contributed by atoms with Crippen LogP contribution in [0.4, 0.5) is 0 Å². The van der Waals surface area contributed by atoms with Crippen LogP contribution in [-0.4, -0.2) is 36.1 Å². The standard InChI is InChI=1S/C16H31N3O/c1-15(2)9-13(10-16(3,4)19-15)18-14(20)8-12-6-5-7-17-11-12/h12-13,17,19H,5-11H2,1-4H3,(H,18,20). The molecular formula is C16H31N3O. The van der Waals surface area contributed by atoms with Gasteiger partial charge < -0.3 is 16.0 Å². The number of carbonyl (C=O) groups is 1. The van der Waals surface area contributed by atoms with Crippen LogP contribution in [0, 0.1) is 5.92 Å². The van der Waals surface area contributed by atoms with Crippen LogP contribution in [0.5, 0.6) is 0 Å². The smallest absolute Gasteiger partial charge is 0.220 e. The molecule has 1 atom stereocenters. The van der Waals surface area contributed by atoms with Crippen molar-refractivity contribution >= 4 is 5.91 Å². The lowest BCUT2D eigenvalue weighted by molar-refractivity contribution is -0.123. The first-order valence-corrected chi connectivity index (χ1v) is 8.05. The van der Waals surface area contributed by atoms with Gasteiger partial charge in [0.05, 0.1) is 0 Å². The van der Waals surface area contributed by atoms with Crippen molar-refractivity contribution in [2.45, 2.75) is 76.9 Å². The molecule has 4 heteroatoms. The van der Waals surface area contributed by atoms with Crippen molar-refractivity contribution in [3.05, 3.63) is 0 Å². The summed E-state index contributed by atoms with van der Waals surface area (Å²) in [6.07, 6.45) is 5.07. The summed E-state index contributed by atoms with van der Waals surface area (Å²) < 4.78 is 0. The van der Waals surface area contributed by atoms with Crippen molar-refractivity contribution in [2.75, 3.05) is 13.1 Å². The van der Waals surface area contributed by atoms with Crippen molar-refractivity contribution in [2.24, 2.45) is 5.92 Å². The van der Waals surface area contributed by atoms with Crippen LogP contribution >= 0.6 is 0 Å². The Morgan fingerprint density at radius 1 is 1.20 bits per heavy atom. The van der Waals surface area contributed by atoms with Gasteiger partial charge in [-0.1, -0.05) is 0 Å². The number of hydrogen-bond donors (Lipinski definition) is 3. The molecule has 2 rings (SSSR count). The normalized spacial score (nSPS) is 29.9. The van der Waals surface area contributed by atoms with Gasteiger partial charge in [0.15, 0.2) is 0 Å². The summed E-state index contributed by atoms with van der Waals surface area (Å²) in [5, 5.41) is 10.3. The summed E-state index contributed by atoms with van der Waals surface area (Å²) in [4.78, 5) is 12.2. The molecule has 2 saturated heterocycles. The first-order chi connectivity index (χ1) is 9.26. The van der Waals surface area contributed by atoms with E-state index in [4.69, 9.17) is 0 Å². The molecule has 116 valence electrons. The van der Waals surface area contributed by atoms with Gasteiger partial charge in [-0.2, -0.15) is 0 Å². The first kappa shape index (κ1) is 15.8. The molecule has 0 aromatic heterocycles. The van der Waals surface area contributed by atoms with Gasteiger partial charge >= 0.3 is 0 Å². The highest BCUT2D eigenvalue weighted by atomic mass is 16.1. The molecule has 0 aromatic carbocycles. The molecule has 2 aliphatic rings. The molecule has 4 nitrogen and oxygen atoms in total. The fraction of sp³-hybridized carbons (Fsp3) is 0.938. The zero-order chi connectivity index (χ0) is 14.8. The Kier molecular flexibility index (Phi) is 4.75. The molecule has 0 spiro atoms. The molecule has 0 radical (unpaired) electrons. The van der Waals surface area contributed by atoms with E-state index in [1.165, 1.54) is 12.8 Å². The molecule has 2 heterocycles. The van der Waals surface area contributed by atoms with Gasteiger partial charge in [-0.25, -0.2) is 0 Å². The molecule has 2 fully saturated rings. The maximum absolute atomic E-state index is 12.2. The topological polar surface area (TPSA) is 53.2 Å². The number of rotatable bonds is 3. The maximum Gasteiger partial charge on any atom is 0.220 e. The lowest BCUT2D eigenvalue weighted by Crippen LogP contribution is -2.62. The van der Waals surface area contributed by atoms with E-state index in [2.05, 4.69) is 43.6 Å². The second kappa shape index (κ2) is 6.02. The summed E-state index contributed by atoms with van der Waals surface area (Å²) in [7, 11) is 0. The fourth-order valence-electron chi connectivity index (χ4n) is 4.07. The third kappa shape index (κ3) is 4.74. The highest BCUT2D eigenvalue weighted by Gasteiger charge is 2.38. The largest absolute Gasteiger partial charge is 0.353 e. The Labute approximate surface area is 123 Å². The van der Waals surface area contributed by atoms with Gasteiger partial charge in [-0.3, -0.25) is 4.79 Å². The second-order valence-electron chi connectivity index (χ2n) is 7.98. The van der Waals surface area contributed by atoms with E-state index in [-0.39, 0.29) is 17.0 Å². The minimum atomic E-state index is 0.0894. The molecule has 0 saturated carbocycles. The fourth-order valence-corrected chi connectivity index (χ4v) is 4.07. The SMILES string of the molecule is CC1(C)CC(NC(=O)CC2CCCNC2)CC(C)(C)N1. The van der Waals surface area contributed by atoms with Gasteiger partial charge in [0, 0.05) is 23.5 Å². The molecule has 20 heavy (non-hydrogen) atoms. The molecule has 0 bridgehead atoms. The third-order valence-electron chi connectivity index (χ3n) is 4.43. The summed E-state index contributed by atoms with van der Waals surface area (Å²) in [6.45, 7) is 11.0. The summed E-state index contributed by atoms with van der Waals surface area (Å²) in [6, 6.07) is 0.297. The monoisotopic (exact) mass is 281 g/mol. The zero-order valence-corrected chi connectivity index (χ0v) is 13.5. The maximum atomic E-state index is 12.2. The average Bonchev–Trinajstić information content (AvgIpc) is 2.25. The van der Waals surface area contributed by atoms with Crippen LogP contribution in [0.25, 0.3) is 0 Å². The van der Waals surface area contributed by atoms with Gasteiger partial charge in [0.2, 0.25) is 5.91 Å². The lowest BCUT2D eigenvalue weighted by Gasteiger charge is -2.46. The van der Waals surface area contributed by atoms with E-state index < -0.39 is 0 Å². The van der Waals surface area contributed by atoms with Gasteiger partial charge in [0.25, 0.3) is 0 Å². The van der Waals surface area contributed by atoms with Crippen LogP contribution in [0.1, 0.15) is 59.8 Å². The van der Waals surface area contributed by atoms with Crippen molar-refractivity contribution < 1.29 is 4.79 Å². The minimum absolute atomic E-state index is 0.0894. The minimum Gasteiger partial charge on any atom is -0.353 e. The lowest BCUT2D eigenvalue weighted by atomic mass is 9.79. The number of nitrogens with one attached hydrogen (secondary N) is 3. The number of amides is 1. The van der Waals surface area contributed by atoms with Crippen molar-refractivity contribution in [1.82, 2.24) is 16.0 Å². The predicted octanol–water partition coefficient (Wildman–Crippen LogP) is 1.80. The average molecular weight is 281 g/mol. The molecule has 0 aliphatic carbocycles. The van der Waals surface area contributed by atoms with Crippen LogP contribution in [-0.2, 0) is 4.79 Å². The van der Waals surface area contributed by atoms with Gasteiger partial charge in [-0.15, -0.1) is 0 Å². The van der Waals surface area contributed by atoms with Crippen molar-refractivity contribution in [3.8, 4) is 0 Å². The molecule has 1 unspecified atom stereocenters. The van der Waals surface area contributed by atoms with E-state index in [0.29, 0.717) is 18.4 Å². The van der Waals surface area contributed by atoms with Crippen LogP contribution in [0.3, 0.4) is 0 Å². The van der Waals surface area contributed by atoms with Crippen molar-refractivity contribution in [1.29, 1.82) is 0 Å². The van der Waals surface area contributed by atoms with E-state index >= 15 is 0 Å². The molecular weight excluding hydrogens is 250 g/mol. The van der Waals surface area contributed by atoms with Crippen LogP contribution in [0.2, 0.25) is 0 Å². The van der Waals surface area contributed by atoms with E-state index in [0.717, 1.165) is 25.9 Å². The molecule has 1 amide bonds. The number of hydrogen-bond acceptors (Lipinski definition) is 3. The highest BCUT2D eigenvalue weighted by Crippen LogP contribution is 2.28. The predicted molar refractivity (Wildman–Crippen MR) is 82.7 cm³/mol. The molecule has 3 N–H and O–H groups in total. The van der Waals surface area contributed by atoms with E-state index in [1.807, 2.05) is 0 Å². The van der Waals surface area contributed by atoms with E-state index in [9.17, 15) is 4.79 Å². The number of piperidine rings is 2. The first-order valence-electron chi connectivity index (χ1n) is 8.05. The van der Waals surface area contributed by atoms with Gasteiger partial charge in [0.1, 0.15) is 0 Å². The van der Waals surface area contributed by atoms with E-state index in [1.54, 1.807) is 0 Å². The highest BCUT2D eigenvalue weighted by molar-refractivity contribution is 5.76. The third-order valence-corrected chi connectivity index (χ3v) is 4.43. The Balaban J connectivity index is 1.83. The van der Waals surface area contributed by atoms with Crippen LogP contribution < -0.4 is 16.0 Å². The summed E-state index contributed by atoms with van der Waals surface area (Å²) in [5.41, 5.74) is 0.179. The molecule has 2 aliphatic heterocycles. The molecule has 0 aromatic rings. The Morgan fingerprint density at radius 2 is 1.85 bits per heavy atom. The number of carbonyl (C=O) groups excluding carboxylic acids is 1. The zero-order valence-electron chi connectivity index (χ0n) is 13.5. The Hall–Kier alpha value is -0.610.